The predicted molar refractivity (Wildman–Crippen MR) is 77.7 cm³/mol. The molecule has 0 heterocycles. The van der Waals surface area contributed by atoms with Gasteiger partial charge in [-0.1, -0.05) is 38.0 Å². The van der Waals surface area contributed by atoms with E-state index in [1.165, 1.54) is 38.5 Å². The second kappa shape index (κ2) is 6.93. The van der Waals surface area contributed by atoms with E-state index in [1.807, 2.05) is 0 Å². The summed E-state index contributed by atoms with van der Waals surface area (Å²) >= 11 is 0. The van der Waals surface area contributed by atoms with Crippen LogP contribution in [0.15, 0.2) is 24.3 Å². The molecular weight excluding hydrogens is 236 g/mol. The maximum Gasteiger partial charge on any atom is 0.333 e. The number of allylic oxidation sites excluding steroid dienone is 2. The molecule has 2 nitrogen and oxygen atoms in total. The fourth-order valence-corrected chi connectivity index (χ4v) is 3.38. The predicted octanol–water partition coefficient (Wildman–Crippen LogP) is 4.27. The average Bonchev–Trinajstić information content (AvgIpc) is 2.99. The monoisotopic (exact) mass is 262 g/mol. The Morgan fingerprint density at radius 1 is 1.21 bits per heavy atom. The third kappa shape index (κ3) is 4.22. The Balaban J connectivity index is 1.44. The zero-order valence-electron chi connectivity index (χ0n) is 12.1. The quantitative estimate of drug-likeness (QED) is 0.283. The van der Waals surface area contributed by atoms with Crippen molar-refractivity contribution in [2.45, 2.75) is 51.9 Å². The molecule has 19 heavy (non-hydrogen) atoms. The Bertz CT molecular complexity index is 356. The number of ether oxygens (including phenoxy) is 1. The first-order chi connectivity index (χ1) is 9.16. The maximum absolute atomic E-state index is 11.2. The normalized spacial score (nSPS) is 27.7. The van der Waals surface area contributed by atoms with E-state index < -0.39 is 0 Å². The van der Waals surface area contributed by atoms with Crippen LogP contribution in [0, 0.1) is 17.8 Å². The summed E-state index contributed by atoms with van der Waals surface area (Å²) < 4.78 is 5.08. The molecule has 0 aromatic rings. The SMILES string of the molecule is C=C(C)C(=O)OCCCCCCC1CC2C=CC1C2. The van der Waals surface area contributed by atoms with E-state index in [0.717, 1.165) is 24.2 Å². The van der Waals surface area contributed by atoms with E-state index in [-0.39, 0.29) is 5.97 Å². The van der Waals surface area contributed by atoms with Crippen molar-refractivity contribution >= 4 is 5.97 Å². The molecule has 3 unspecified atom stereocenters. The Hall–Kier alpha value is -1.05. The first-order valence-corrected chi connectivity index (χ1v) is 7.68. The molecule has 0 aromatic carbocycles. The van der Waals surface area contributed by atoms with Crippen molar-refractivity contribution in [3.8, 4) is 0 Å². The van der Waals surface area contributed by atoms with Crippen LogP contribution >= 0.6 is 0 Å². The van der Waals surface area contributed by atoms with Crippen LogP contribution in [0.3, 0.4) is 0 Å². The van der Waals surface area contributed by atoms with Gasteiger partial charge in [0.25, 0.3) is 0 Å². The van der Waals surface area contributed by atoms with Crippen molar-refractivity contribution in [2.24, 2.45) is 17.8 Å². The summed E-state index contributed by atoms with van der Waals surface area (Å²) in [5.74, 6) is 2.49. The average molecular weight is 262 g/mol. The fourth-order valence-electron chi connectivity index (χ4n) is 3.38. The van der Waals surface area contributed by atoms with Gasteiger partial charge < -0.3 is 4.74 Å². The van der Waals surface area contributed by atoms with Crippen LogP contribution < -0.4 is 0 Å². The number of hydrogen-bond acceptors (Lipinski definition) is 2. The van der Waals surface area contributed by atoms with Crippen molar-refractivity contribution in [3.05, 3.63) is 24.3 Å². The highest BCUT2D eigenvalue weighted by molar-refractivity contribution is 5.86. The molecule has 0 spiro atoms. The summed E-state index contributed by atoms with van der Waals surface area (Å²) in [6.07, 6.45) is 13.8. The van der Waals surface area contributed by atoms with Gasteiger partial charge in [0, 0.05) is 5.57 Å². The van der Waals surface area contributed by atoms with Crippen molar-refractivity contribution in [3.63, 3.8) is 0 Å². The largest absolute Gasteiger partial charge is 0.462 e. The minimum absolute atomic E-state index is 0.256. The molecule has 106 valence electrons. The highest BCUT2D eigenvalue weighted by atomic mass is 16.5. The number of fused-ring (bicyclic) bond motifs is 2. The summed E-state index contributed by atoms with van der Waals surface area (Å²) in [5.41, 5.74) is 0.490. The first-order valence-electron chi connectivity index (χ1n) is 7.68. The van der Waals surface area contributed by atoms with Gasteiger partial charge in [0.15, 0.2) is 0 Å². The zero-order chi connectivity index (χ0) is 13.7. The zero-order valence-corrected chi connectivity index (χ0v) is 12.1. The number of esters is 1. The van der Waals surface area contributed by atoms with Crippen LogP contribution in [0.25, 0.3) is 0 Å². The van der Waals surface area contributed by atoms with Crippen molar-refractivity contribution in [1.29, 1.82) is 0 Å². The van der Waals surface area contributed by atoms with Crippen LogP contribution in [0.1, 0.15) is 51.9 Å². The molecule has 0 aliphatic heterocycles. The lowest BCUT2D eigenvalue weighted by atomic mass is 9.88. The van der Waals surface area contributed by atoms with Crippen molar-refractivity contribution < 1.29 is 9.53 Å². The molecule has 0 radical (unpaired) electrons. The first kappa shape index (κ1) is 14.4. The van der Waals surface area contributed by atoms with Gasteiger partial charge in [-0.3, -0.25) is 0 Å². The van der Waals surface area contributed by atoms with Gasteiger partial charge in [0.2, 0.25) is 0 Å². The van der Waals surface area contributed by atoms with Gasteiger partial charge in [-0.25, -0.2) is 4.79 Å². The summed E-state index contributed by atoms with van der Waals surface area (Å²) in [4.78, 5) is 11.2. The van der Waals surface area contributed by atoms with Gasteiger partial charge >= 0.3 is 5.97 Å². The van der Waals surface area contributed by atoms with Gasteiger partial charge in [0.05, 0.1) is 6.61 Å². The molecule has 0 N–H and O–H groups in total. The number of unbranched alkanes of at least 4 members (excludes halogenated alkanes) is 3. The molecule has 1 fully saturated rings. The lowest BCUT2D eigenvalue weighted by molar-refractivity contribution is -0.139. The molecule has 2 aliphatic carbocycles. The van der Waals surface area contributed by atoms with Crippen LogP contribution in [0.2, 0.25) is 0 Å². The van der Waals surface area contributed by atoms with E-state index in [2.05, 4.69) is 18.7 Å². The minimum atomic E-state index is -0.256. The van der Waals surface area contributed by atoms with E-state index >= 15 is 0 Å². The molecule has 2 rings (SSSR count). The molecule has 0 saturated heterocycles. The highest BCUT2D eigenvalue weighted by Crippen LogP contribution is 2.45. The Morgan fingerprint density at radius 2 is 2.00 bits per heavy atom. The fraction of sp³-hybridized carbons (Fsp3) is 0.706. The Labute approximate surface area is 116 Å². The molecule has 2 heteroatoms. The maximum atomic E-state index is 11.2. The third-order valence-corrected chi connectivity index (χ3v) is 4.47. The van der Waals surface area contributed by atoms with E-state index in [0.29, 0.717) is 12.2 Å². The van der Waals surface area contributed by atoms with Crippen LogP contribution in [-0.4, -0.2) is 12.6 Å². The highest BCUT2D eigenvalue weighted by Gasteiger charge is 2.34. The molecule has 0 amide bonds. The minimum Gasteiger partial charge on any atom is -0.462 e. The van der Waals surface area contributed by atoms with Crippen molar-refractivity contribution in [1.82, 2.24) is 0 Å². The Morgan fingerprint density at radius 3 is 2.63 bits per heavy atom. The molecule has 2 aliphatic rings. The van der Waals surface area contributed by atoms with Crippen LogP contribution in [0.5, 0.6) is 0 Å². The van der Waals surface area contributed by atoms with E-state index in [1.54, 1.807) is 6.92 Å². The molecular formula is C17H26O2. The molecule has 2 bridgehead atoms. The molecule has 1 saturated carbocycles. The lowest BCUT2D eigenvalue weighted by Crippen LogP contribution is -2.07. The second-order valence-electron chi connectivity index (χ2n) is 6.16. The summed E-state index contributed by atoms with van der Waals surface area (Å²) in [6.45, 7) is 5.80. The topological polar surface area (TPSA) is 26.3 Å². The van der Waals surface area contributed by atoms with Gasteiger partial charge in [-0.15, -0.1) is 0 Å². The van der Waals surface area contributed by atoms with Gasteiger partial charge in [-0.05, 0) is 50.4 Å². The standard InChI is InChI=1S/C17H26O2/c1-13(2)17(18)19-10-6-4-3-5-7-15-11-14-8-9-16(15)12-14/h8-9,14-16H,1,3-7,10-12H2,2H3. The lowest BCUT2D eigenvalue weighted by Gasteiger charge is -2.17. The van der Waals surface area contributed by atoms with Gasteiger partial charge in [0.1, 0.15) is 0 Å². The summed E-state index contributed by atoms with van der Waals surface area (Å²) in [7, 11) is 0. The molecule has 3 atom stereocenters. The third-order valence-electron chi connectivity index (χ3n) is 4.47. The molecule has 0 aromatic heterocycles. The Kier molecular flexibility index (Phi) is 5.24. The summed E-state index contributed by atoms with van der Waals surface area (Å²) in [5, 5.41) is 0. The van der Waals surface area contributed by atoms with E-state index in [9.17, 15) is 4.79 Å². The number of carbonyl (C=O) groups excluding carboxylic acids is 1. The second-order valence-corrected chi connectivity index (χ2v) is 6.16. The van der Waals surface area contributed by atoms with E-state index in [4.69, 9.17) is 4.74 Å². The van der Waals surface area contributed by atoms with Crippen LogP contribution in [-0.2, 0) is 9.53 Å². The van der Waals surface area contributed by atoms with Crippen LogP contribution in [0.4, 0.5) is 0 Å². The number of rotatable bonds is 8. The number of carbonyl (C=O) groups is 1. The van der Waals surface area contributed by atoms with Gasteiger partial charge in [-0.2, -0.15) is 0 Å². The number of hydrogen-bond donors (Lipinski definition) is 0. The summed E-state index contributed by atoms with van der Waals surface area (Å²) in [6, 6.07) is 0. The van der Waals surface area contributed by atoms with Crippen molar-refractivity contribution in [2.75, 3.05) is 6.61 Å². The smallest absolute Gasteiger partial charge is 0.333 e.